The minimum Gasteiger partial charge on any atom is -0.480 e. The van der Waals surface area contributed by atoms with Crippen LogP contribution in [0.5, 0.6) is 0 Å². The molecule has 0 aliphatic carbocycles. The Hall–Kier alpha value is -2.63. The molecule has 0 unspecified atom stereocenters. The number of hydrogen-bond donors (Lipinski definition) is 1. The zero-order valence-corrected chi connectivity index (χ0v) is 12.1. The fourth-order valence-corrected chi connectivity index (χ4v) is 1.82. The molecule has 0 aliphatic heterocycles. The molecular weight excluding hydrogens is 270 g/mol. The second kappa shape index (κ2) is 5.40. The summed E-state index contributed by atoms with van der Waals surface area (Å²) in [6, 6.07) is 9.28. The molecular formula is C15H17N3O3. The van der Waals surface area contributed by atoms with Crippen molar-refractivity contribution in [3.05, 3.63) is 48.5 Å². The maximum Gasteiger partial charge on any atom is 0.329 e. The van der Waals surface area contributed by atoms with Gasteiger partial charge in [0.2, 0.25) is 0 Å². The Morgan fingerprint density at radius 1 is 1.24 bits per heavy atom. The van der Waals surface area contributed by atoms with Crippen LogP contribution in [-0.2, 0) is 4.79 Å². The molecule has 0 fully saturated rings. The number of likely N-dealkylation sites (N-methyl/N-ethyl adjacent to an activating group) is 1. The van der Waals surface area contributed by atoms with Crippen LogP contribution < -0.4 is 0 Å². The summed E-state index contributed by atoms with van der Waals surface area (Å²) in [7, 11) is 1.47. The van der Waals surface area contributed by atoms with Crippen molar-refractivity contribution < 1.29 is 14.7 Å². The fourth-order valence-electron chi connectivity index (χ4n) is 1.82. The van der Waals surface area contributed by atoms with Crippen molar-refractivity contribution >= 4 is 11.9 Å². The van der Waals surface area contributed by atoms with E-state index in [0.29, 0.717) is 5.69 Å². The lowest BCUT2D eigenvalue weighted by Gasteiger charge is -2.31. The van der Waals surface area contributed by atoms with Crippen LogP contribution >= 0.6 is 0 Å². The van der Waals surface area contributed by atoms with Gasteiger partial charge in [-0.05, 0) is 26.0 Å². The number of hydrogen-bond acceptors (Lipinski definition) is 3. The molecule has 1 N–H and O–H groups in total. The molecule has 0 bridgehead atoms. The Kier molecular flexibility index (Phi) is 3.80. The smallest absolute Gasteiger partial charge is 0.329 e. The number of carboxylic acid groups (broad SMARTS) is 1. The van der Waals surface area contributed by atoms with E-state index in [4.69, 9.17) is 0 Å². The van der Waals surface area contributed by atoms with E-state index in [1.807, 2.05) is 30.3 Å². The highest BCUT2D eigenvalue weighted by atomic mass is 16.4. The van der Waals surface area contributed by atoms with Gasteiger partial charge < -0.3 is 10.0 Å². The van der Waals surface area contributed by atoms with E-state index < -0.39 is 17.4 Å². The molecule has 0 saturated heterocycles. The molecule has 0 radical (unpaired) electrons. The number of imidazole rings is 1. The molecule has 1 heterocycles. The highest BCUT2D eigenvalue weighted by Gasteiger charge is 2.36. The quantitative estimate of drug-likeness (QED) is 0.930. The summed E-state index contributed by atoms with van der Waals surface area (Å²) >= 11 is 0. The Balaban J connectivity index is 2.38. The molecule has 21 heavy (non-hydrogen) atoms. The van der Waals surface area contributed by atoms with Gasteiger partial charge in [-0.2, -0.15) is 0 Å². The van der Waals surface area contributed by atoms with E-state index in [1.165, 1.54) is 38.3 Å². The van der Waals surface area contributed by atoms with Gasteiger partial charge in [0.15, 0.2) is 0 Å². The lowest BCUT2D eigenvalue weighted by Crippen LogP contribution is -2.51. The second-order valence-corrected chi connectivity index (χ2v) is 5.21. The Morgan fingerprint density at radius 3 is 2.43 bits per heavy atom. The van der Waals surface area contributed by atoms with E-state index >= 15 is 0 Å². The van der Waals surface area contributed by atoms with Crippen LogP contribution in [-0.4, -0.2) is 44.0 Å². The van der Waals surface area contributed by atoms with Crippen LogP contribution in [0.15, 0.2) is 42.9 Å². The Morgan fingerprint density at radius 2 is 1.86 bits per heavy atom. The van der Waals surface area contributed by atoms with Crippen LogP contribution in [0.1, 0.15) is 24.3 Å². The first kappa shape index (κ1) is 14.8. The van der Waals surface area contributed by atoms with Crippen LogP contribution in [0.4, 0.5) is 0 Å². The number of aromatic nitrogens is 2. The molecule has 110 valence electrons. The molecule has 6 nitrogen and oxygen atoms in total. The van der Waals surface area contributed by atoms with Gasteiger partial charge in [0.05, 0.1) is 12.5 Å². The van der Waals surface area contributed by atoms with Gasteiger partial charge in [-0.3, -0.25) is 9.36 Å². The minimum absolute atomic E-state index is 0.318. The number of carboxylic acids is 1. The van der Waals surface area contributed by atoms with Gasteiger partial charge in [-0.25, -0.2) is 9.78 Å². The average molecular weight is 287 g/mol. The van der Waals surface area contributed by atoms with Gasteiger partial charge >= 0.3 is 5.97 Å². The number of carbonyl (C=O) groups is 2. The first-order valence-corrected chi connectivity index (χ1v) is 6.45. The van der Waals surface area contributed by atoms with Crippen molar-refractivity contribution in [2.75, 3.05) is 7.05 Å². The molecule has 0 spiro atoms. The van der Waals surface area contributed by atoms with E-state index in [1.54, 1.807) is 4.57 Å². The molecule has 2 aromatic rings. The largest absolute Gasteiger partial charge is 0.480 e. The first-order valence-electron chi connectivity index (χ1n) is 6.45. The number of para-hydroxylation sites is 1. The van der Waals surface area contributed by atoms with E-state index in [-0.39, 0.29) is 0 Å². The third-order valence-corrected chi connectivity index (χ3v) is 3.56. The summed E-state index contributed by atoms with van der Waals surface area (Å²) in [5.74, 6) is -1.46. The SMILES string of the molecule is CN(C(=O)c1cncn1-c1ccccc1)C(C)(C)C(=O)O. The summed E-state index contributed by atoms with van der Waals surface area (Å²) in [6.45, 7) is 2.97. The minimum atomic E-state index is -1.30. The third-order valence-electron chi connectivity index (χ3n) is 3.56. The number of benzene rings is 1. The lowest BCUT2D eigenvalue weighted by atomic mass is 10.0. The van der Waals surface area contributed by atoms with Gasteiger partial charge in [-0.1, -0.05) is 18.2 Å². The van der Waals surface area contributed by atoms with Crippen LogP contribution in [0.25, 0.3) is 5.69 Å². The number of rotatable bonds is 4. The van der Waals surface area contributed by atoms with Gasteiger partial charge in [-0.15, -0.1) is 0 Å². The lowest BCUT2D eigenvalue weighted by molar-refractivity contribution is -0.147. The maximum absolute atomic E-state index is 12.6. The van der Waals surface area contributed by atoms with Crippen LogP contribution in [0.2, 0.25) is 0 Å². The van der Waals surface area contributed by atoms with Crippen molar-refractivity contribution in [3.63, 3.8) is 0 Å². The van der Waals surface area contributed by atoms with E-state index in [2.05, 4.69) is 4.98 Å². The summed E-state index contributed by atoms with van der Waals surface area (Å²) in [4.78, 5) is 29.0. The Bertz CT molecular complexity index is 662. The normalized spacial score (nSPS) is 11.2. The molecule has 6 heteroatoms. The third kappa shape index (κ3) is 2.65. The number of aliphatic carboxylic acids is 1. The molecule has 0 aliphatic rings. The van der Waals surface area contributed by atoms with Crippen LogP contribution in [0, 0.1) is 0 Å². The van der Waals surface area contributed by atoms with Crippen molar-refractivity contribution in [2.24, 2.45) is 0 Å². The predicted octanol–water partition coefficient (Wildman–Crippen LogP) is 1.81. The fraction of sp³-hybridized carbons (Fsp3) is 0.267. The molecule has 0 atom stereocenters. The predicted molar refractivity (Wildman–Crippen MR) is 77.4 cm³/mol. The van der Waals surface area contributed by atoms with E-state index in [0.717, 1.165) is 5.69 Å². The molecule has 2 rings (SSSR count). The second-order valence-electron chi connectivity index (χ2n) is 5.21. The molecule has 0 saturated carbocycles. The summed E-state index contributed by atoms with van der Waals surface area (Å²) < 4.78 is 1.64. The average Bonchev–Trinajstić information content (AvgIpc) is 2.95. The maximum atomic E-state index is 12.6. The Labute approximate surface area is 122 Å². The first-order chi connectivity index (χ1) is 9.85. The topological polar surface area (TPSA) is 75.4 Å². The zero-order valence-electron chi connectivity index (χ0n) is 12.1. The molecule has 1 amide bonds. The highest BCUT2D eigenvalue weighted by molar-refractivity contribution is 5.96. The van der Waals surface area contributed by atoms with Gasteiger partial charge in [0.25, 0.3) is 5.91 Å². The molecule has 1 aromatic heterocycles. The van der Waals surface area contributed by atoms with Gasteiger partial charge in [0, 0.05) is 12.7 Å². The monoisotopic (exact) mass is 287 g/mol. The number of amides is 1. The van der Waals surface area contributed by atoms with Crippen molar-refractivity contribution in [1.29, 1.82) is 0 Å². The summed E-state index contributed by atoms with van der Waals surface area (Å²) in [5, 5.41) is 9.23. The highest BCUT2D eigenvalue weighted by Crippen LogP contribution is 2.18. The standard InChI is InChI=1S/C15H17N3O3/c1-15(2,14(20)21)17(3)13(19)12-9-16-10-18(12)11-7-5-4-6-8-11/h4-10H,1-3H3,(H,20,21). The molecule has 1 aromatic carbocycles. The number of carbonyl (C=O) groups excluding carboxylic acids is 1. The van der Waals surface area contributed by atoms with Crippen molar-refractivity contribution in [2.45, 2.75) is 19.4 Å². The van der Waals surface area contributed by atoms with Crippen molar-refractivity contribution in [1.82, 2.24) is 14.5 Å². The summed E-state index contributed by atoms with van der Waals surface area (Å²) in [5.41, 5.74) is -0.194. The van der Waals surface area contributed by atoms with Gasteiger partial charge in [0.1, 0.15) is 11.2 Å². The zero-order chi connectivity index (χ0) is 15.6. The van der Waals surface area contributed by atoms with E-state index in [9.17, 15) is 14.7 Å². The number of nitrogens with zero attached hydrogens (tertiary/aromatic N) is 3. The van der Waals surface area contributed by atoms with Crippen molar-refractivity contribution in [3.8, 4) is 5.69 Å². The van der Waals surface area contributed by atoms with Crippen LogP contribution in [0.3, 0.4) is 0 Å². The summed E-state index contributed by atoms with van der Waals surface area (Å²) in [6.07, 6.45) is 2.97.